The average molecular weight is 542 g/mol. The Kier molecular flexibility index (Phi) is 8.59. The van der Waals surface area contributed by atoms with Crippen LogP contribution in [-0.4, -0.2) is 30.9 Å². The Labute approximate surface area is 211 Å². The zero-order chi connectivity index (χ0) is 26.5. The third kappa shape index (κ3) is 6.74. The first-order valence-electron chi connectivity index (χ1n) is 10.7. The van der Waals surface area contributed by atoms with Crippen molar-refractivity contribution in [3.8, 4) is 5.88 Å². The van der Waals surface area contributed by atoms with E-state index in [9.17, 15) is 26.5 Å². The monoisotopic (exact) mass is 541 g/mol. The van der Waals surface area contributed by atoms with E-state index < -0.39 is 37.5 Å². The number of halogens is 4. The molecule has 1 heterocycles. The first-order chi connectivity index (χ1) is 16.9. The van der Waals surface area contributed by atoms with E-state index in [4.69, 9.17) is 16.3 Å². The van der Waals surface area contributed by atoms with Gasteiger partial charge < -0.3 is 10.1 Å². The number of hydrogen-bond acceptors (Lipinski definition) is 5. The average Bonchev–Trinajstić information content (AvgIpc) is 2.85. The minimum atomic E-state index is -4.33. The molecule has 0 bridgehead atoms. The first kappa shape index (κ1) is 27.4. The predicted molar refractivity (Wildman–Crippen MR) is 128 cm³/mol. The van der Waals surface area contributed by atoms with E-state index in [0.717, 1.165) is 18.7 Å². The summed E-state index contributed by atoms with van der Waals surface area (Å²) >= 11 is 5.11. The van der Waals surface area contributed by atoms with E-state index in [1.165, 1.54) is 30.3 Å². The van der Waals surface area contributed by atoms with Gasteiger partial charge in [-0.3, -0.25) is 4.79 Å². The molecule has 3 rings (SSSR count). The van der Waals surface area contributed by atoms with Gasteiger partial charge in [-0.2, -0.15) is 8.78 Å². The van der Waals surface area contributed by atoms with Crippen molar-refractivity contribution in [1.29, 1.82) is 0 Å². The summed E-state index contributed by atoms with van der Waals surface area (Å²) in [6, 6.07) is 16.7. The fraction of sp³-hybridized carbons (Fsp3) is 0.250. The summed E-state index contributed by atoms with van der Waals surface area (Å²) in [5, 5.41) is -1.05. The maximum Gasteiger partial charge on any atom is 0.364 e. The molecule has 1 unspecified atom stereocenters. The van der Waals surface area contributed by atoms with Gasteiger partial charge in [-0.05, 0) is 58.4 Å². The molecule has 0 aliphatic carbocycles. The molecule has 1 N–H and O–H groups in total. The number of sulfonamides is 1. The number of pyridine rings is 1. The van der Waals surface area contributed by atoms with Crippen LogP contribution >= 0.6 is 11.6 Å². The van der Waals surface area contributed by atoms with Gasteiger partial charge in [-0.15, -0.1) is 4.48 Å². The molecule has 12 heteroatoms. The molecule has 0 fully saturated rings. The normalized spacial score (nSPS) is 12.9. The van der Waals surface area contributed by atoms with Crippen LogP contribution in [0, 0.1) is 0 Å². The highest BCUT2D eigenvalue weighted by molar-refractivity contribution is 7.89. The third-order valence-electron chi connectivity index (χ3n) is 5.28. The van der Waals surface area contributed by atoms with Gasteiger partial charge in [-0.1, -0.05) is 42.5 Å². The Bertz CT molecular complexity index is 1320. The Morgan fingerprint density at radius 1 is 1.14 bits per heavy atom. The molecule has 7 nitrogen and oxygen atoms in total. The maximum absolute atomic E-state index is 13.6. The smallest absolute Gasteiger partial charge is 0.364 e. The van der Waals surface area contributed by atoms with Crippen molar-refractivity contribution in [1.82, 2.24) is 14.8 Å². The van der Waals surface area contributed by atoms with E-state index in [1.807, 2.05) is 6.07 Å². The number of hydrogen-bond donors (Lipinski definition) is 1. The molecule has 1 aromatic heterocycles. The van der Waals surface area contributed by atoms with Crippen molar-refractivity contribution in [3.05, 3.63) is 89.1 Å². The molecule has 192 valence electrons. The lowest BCUT2D eigenvalue weighted by Gasteiger charge is -2.17. The van der Waals surface area contributed by atoms with E-state index in [0.29, 0.717) is 11.1 Å². The van der Waals surface area contributed by atoms with Crippen molar-refractivity contribution in [2.75, 3.05) is 7.05 Å². The van der Waals surface area contributed by atoms with Gasteiger partial charge in [0, 0.05) is 19.2 Å². The summed E-state index contributed by atoms with van der Waals surface area (Å²) in [5.41, 5.74) is 0.740. The van der Waals surface area contributed by atoms with Crippen molar-refractivity contribution < 1.29 is 31.2 Å². The quantitative estimate of drug-likeness (QED) is 0.292. The molecule has 0 saturated heterocycles. The molecule has 36 heavy (non-hydrogen) atoms. The van der Waals surface area contributed by atoms with Gasteiger partial charge >= 0.3 is 5.38 Å². The molecule has 1 atom stereocenters. The molecular formula is C24H23ClF3N3O4S. The van der Waals surface area contributed by atoms with Crippen molar-refractivity contribution >= 4 is 27.5 Å². The number of alkyl halides is 3. The van der Waals surface area contributed by atoms with Crippen LogP contribution in [0.1, 0.15) is 35.2 Å². The molecule has 1 amide bonds. The van der Waals surface area contributed by atoms with E-state index >= 15 is 0 Å². The number of nitrogens with one attached hydrogen (secondary N) is 1. The van der Waals surface area contributed by atoms with Gasteiger partial charge in [0.1, 0.15) is 12.3 Å². The number of aromatic nitrogens is 1. The van der Waals surface area contributed by atoms with Crippen molar-refractivity contribution in [3.63, 3.8) is 0 Å². The first-order valence-corrected chi connectivity index (χ1v) is 12.5. The zero-order valence-electron chi connectivity index (χ0n) is 19.3. The van der Waals surface area contributed by atoms with Crippen LogP contribution in [0.5, 0.6) is 5.88 Å². The second-order valence-corrected chi connectivity index (χ2v) is 10.2. The molecule has 2 aromatic carbocycles. The van der Waals surface area contributed by atoms with Gasteiger partial charge in [0.05, 0.1) is 10.8 Å². The summed E-state index contributed by atoms with van der Waals surface area (Å²) in [6.45, 7) is 1.48. The SMILES string of the molecule is CC(C(=O)NCc1ccc(C(F)(F)Cl)nc1OCc1ccccc1)c1cccc(S(=O)(=O)N(C)F)c1. The minimum Gasteiger partial charge on any atom is -0.473 e. The van der Waals surface area contributed by atoms with Crippen LogP contribution in [0.3, 0.4) is 0 Å². The van der Waals surface area contributed by atoms with Crippen LogP contribution in [0.2, 0.25) is 0 Å². The molecule has 0 radical (unpaired) electrons. The standard InChI is InChI=1S/C24H23ClF3N3O4S/c1-16(18-9-6-10-20(13-18)36(33,34)31(2)28)22(32)29-14-19-11-12-21(24(25,26)27)30-23(19)35-15-17-7-4-3-5-8-17/h3-13,16H,14-15H2,1-2H3,(H,29,32). The number of ether oxygens (including phenoxy) is 1. The summed E-state index contributed by atoms with van der Waals surface area (Å²) in [4.78, 5) is 16.3. The molecule has 0 saturated carbocycles. The maximum atomic E-state index is 13.6. The van der Waals surface area contributed by atoms with E-state index in [1.54, 1.807) is 31.2 Å². The highest BCUT2D eigenvalue weighted by Gasteiger charge is 2.31. The topological polar surface area (TPSA) is 88.6 Å². The number of carbonyl (C=O) groups excluding carboxylic acids is 1. The summed E-state index contributed by atoms with van der Waals surface area (Å²) < 4.78 is 69.9. The summed E-state index contributed by atoms with van der Waals surface area (Å²) in [5.74, 6) is -1.42. The lowest BCUT2D eigenvalue weighted by atomic mass is 10.0. The Morgan fingerprint density at radius 2 is 1.83 bits per heavy atom. The molecule has 0 spiro atoms. The molecule has 3 aromatic rings. The number of carbonyl (C=O) groups is 1. The van der Waals surface area contributed by atoms with Crippen LogP contribution in [-0.2, 0) is 33.4 Å². The van der Waals surface area contributed by atoms with E-state index in [-0.39, 0.29) is 23.9 Å². The van der Waals surface area contributed by atoms with Crippen molar-refractivity contribution in [2.24, 2.45) is 0 Å². The number of nitrogens with zero attached hydrogens (tertiary/aromatic N) is 2. The Balaban J connectivity index is 1.77. The van der Waals surface area contributed by atoms with Gasteiger partial charge in [0.15, 0.2) is 0 Å². The number of rotatable bonds is 10. The fourth-order valence-electron chi connectivity index (χ4n) is 3.19. The zero-order valence-corrected chi connectivity index (χ0v) is 20.9. The van der Waals surface area contributed by atoms with Gasteiger partial charge in [0.2, 0.25) is 11.8 Å². The van der Waals surface area contributed by atoms with Gasteiger partial charge in [-0.25, -0.2) is 13.4 Å². The van der Waals surface area contributed by atoms with Crippen molar-refractivity contribution in [2.45, 2.75) is 36.3 Å². The molecule has 0 aliphatic rings. The molecular weight excluding hydrogens is 519 g/mol. The lowest BCUT2D eigenvalue weighted by molar-refractivity contribution is -0.122. The van der Waals surface area contributed by atoms with Crippen LogP contribution in [0.15, 0.2) is 71.6 Å². The number of benzene rings is 2. The van der Waals surface area contributed by atoms with Crippen LogP contribution < -0.4 is 10.1 Å². The molecule has 0 aliphatic heterocycles. The second kappa shape index (κ2) is 11.3. The fourth-order valence-corrected chi connectivity index (χ4v) is 4.12. The number of amides is 1. The summed E-state index contributed by atoms with van der Waals surface area (Å²) in [7, 11) is -3.57. The van der Waals surface area contributed by atoms with Gasteiger partial charge in [0.25, 0.3) is 10.0 Å². The highest BCUT2D eigenvalue weighted by atomic mass is 35.5. The third-order valence-corrected chi connectivity index (χ3v) is 6.99. The Hall–Kier alpha value is -3.15. The largest absolute Gasteiger partial charge is 0.473 e. The lowest BCUT2D eigenvalue weighted by Crippen LogP contribution is -2.28. The second-order valence-electron chi connectivity index (χ2n) is 7.84. The highest BCUT2D eigenvalue weighted by Crippen LogP contribution is 2.33. The van der Waals surface area contributed by atoms with Crippen LogP contribution in [0.4, 0.5) is 13.3 Å². The van der Waals surface area contributed by atoms with E-state index in [2.05, 4.69) is 10.3 Å². The predicted octanol–water partition coefficient (Wildman–Crippen LogP) is 4.87. The Morgan fingerprint density at radius 3 is 2.47 bits per heavy atom. The minimum absolute atomic E-state index is 0.0484. The van der Waals surface area contributed by atoms with Crippen LogP contribution in [0.25, 0.3) is 0 Å². The summed E-state index contributed by atoms with van der Waals surface area (Å²) in [6.07, 6.45) is 0.